The van der Waals surface area contributed by atoms with E-state index in [0.717, 1.165) is 22.3 Å². The molecule has 2 aliphatic carbocycles. The summed E-state index contributed by atoms with van der Waals surface area (Å²) in [5, 5.41) is 16.1. The number of nitrogens with zero attached hydrogens (tertiary/aromatic N) is 1. The summed E-state index contributed by atoms with van der Waals surface area (Å²) in [6, 6.07) is 14.8. The highest BCUT2D eigenvalue weighted by atomic mass is 16.5. The molecule has 0 unspecified atom stereocenters. The van der Waals surface area contributed by atoms with E-state index in [4.69, 9.17) is 9.26 Å². The average molecular weight is 489 g/mol. The van der Waals surface area contributed by atoms with Crippen LogP contribution in [0.4, 0.5) is 4.79 Å². The van der Waals surface area contributed by atoms with Crippen LogP contribution in [-0.2, 0) is 22.4 Å². The van der Waals surface area contributed by atoms with Gasteiger partial charge in [0.05, 0.1) is 11.3 Å². The van der Waals surface area contributed by atoms with Gasteiger partial charge >= 0.3 is 12.1 Å². The average Bonchev–Trinajstić information content (AvgIpc) is 3.38. The second-order valence-corrected chi connectivity index (χ2v) is 10.3. The fourth-order valence-electron chi connectivity index (χ4n) is 5.31. The number of carboxylic acids is 1. The molecule has 2 N–H and O–H groups in total. The highest BCUT2D eigenvalue weighted by Crippen LogP contribution is 2.44. The molecule has 3 aromatic rings. The van der Waals surface area contributed by atoms with E-state index in [2.05, 4.69) is 10.5 Å². The third-order valence-electron chi connectivity index (χ3n) is 6.99. The minimum absolute atomic E-state index is 0.0473. The first-order chi connectivity index (χ1) is 17.2. The Balaban J connectivity index is 1.22. The number of rotatable bonds is 7. The topological polar surface area (TPSA) is 119 Å². The number of amides is 1. The minimum atomic E-state index is -1.19. The van der Waals surface area contributed by atoms with Gasteiger partial charge in [0.25, 0.3) is 0 Å². The van der Waals surface area contributed by atoms with Crippen LogP contribution < -0.4 is 5.32 Å². The zero-order valence-electron chi connectivity index (χ0n) is 20.2. The molecule has 1 heterocycles. The number of aliphatic carboxylic acids is 1. The van der Waals surface area contributed by atoms with E-state index in [1.807, 2.05) is 62.4 Å². The summed E-state index contributed by atoms with van der Waals surface area (Å²) < 4.78 is 10.9. The predicted octanol–water partition coefficient (Wildman–Crippen LogP) is 4.75. The third-order valence-corrected chi connectivity index (χ3v) is 6.99. The van der Waals surface area contributed by atoms with E-state index in [-0.39, 0.29) is 36.6 Å². The van der Waals surface area contributed by atoms with E-state index in [9.17, 15) is 19.5 Å². The fraction of sp³-hybridized carbons (Fsp3) is 0.357. The van der Waals surface area contributed by atoms with Gasteiger partial charge in [-0.1, -0.05) is 67.5 Å². The SMILES string of the molecule is CC1(C)CC(=O)c2c(CC[C@H](NC(=O)OCC3c4ccccc4-c4ccccc43)C(=O)O)noc2C1. The second kappa shape index (κ2) is 9.26. The minimum Gasteiger partial charge on any atom is -0.480 e. The molecule has 0 radical (unpaired) electrons. The number of ether oxygens (including phenoxy) is 1. The Hall–Kier alpha value is -3.94. The largest absolute Gasteiger partial charge is 0.480 e. The van der Waals surface area contributed by atoms with E-state index >= 15 is 0 Å². The lowest BCUT2D eigenvalue weighted by molar-refractivity contribution is -0.139. The van der Waals surface area contributed by atoms with E-state index in [1.54, 1.807) is 0 Å². The first-order valence-corrected chi connectivity index (χ1v) is 12.1. The molecule has 1 atom stereocenters. The zero-order valence-corrected chi connectivity index (χ0v) is 20.2. The molecular weight excluding hydrogens is 460 g/mol. The molecule has 2 aromatic carbocycles. The summed E-state index contributed by atoms with van der Waals surface area (Å²) in [6.45, 7) is 4.08. The van der Waals surface area contributed by atoms with Crippen LogP contribution in [0.25, 0.3) is 11.1 Å². The van der Waals surface area contributed by atoms with Crippen molar-refractivity contribution in [3.05, 3.63) is 76.7 Å². The maximum Gasteiger partial charge on any atom is 0.407 e. The maximum atomic E-state index is 12.6. The number of carbonyl (C=O) groups excluding carboxylic acids is 2. The molecule has 1 aromatic heterocycles. The summed E-state index contributed by atoms with van der Waals surface area (Å²) in [5.41, 5.74) is 5.07. The van der Waals surface area contributed by atoms with Gasteiger partial charge in [-0.15, -0.1) is 0 Å². The molecule has 0 aliphatic heterocycles. The van der Waals surface area contributed by atoms with Crippen molar-refractivity contribution in [3.8, 4) is 11.1 Å². The third kappa shape index (κ3) is 4.51. The molecule has 8 heteroatoms. The van der Waals surface area contributed by atoms with Crippen molar-refractivity contribution in [2.45, 2.75) is 51.5 Å². The van der Waals surface area contributed by atoms with Crippen LogP contribution in [0.1, 0.15) is 65.5 Å². The molecule has 0 saturated heterocycles. The maximum absolute atomic E-state index is 12.6. The number of fused-ring (bicyclic) bond motifs is 4. The molecule has 0 bridgehead atoms. The zero-order chi connectivity index (χ0) is 25.4. The van der Waals surface area contributed by atoms with Crippen molar-refractivity contribution in [2.75, 3.05) is 6.61 Å². The van der Waals surface area contributed by atoms with E-state index in [1.165, 1.54) is 0 Å². The van der Waals surface area contributed by atoms with Gasteiger partial charge in [-0.3, -0.25) is 4.79 Å². The van der Waals surface area contributed by atoms with Gasteiger partial charge in [-0.2, -0.15) is 0 Å². The molecule has 8 nitrogen and oxygen atoms in total. The smallest absolute Gasteiger partial charge is 0.407 e. The Bertz CT molecular complexity index is 1300. The Labute approximate surface area is 208 Å². The number of alkyl carbamates (subject to hydrolysis) is 1. The van der Waals surface area contributed by atoms with Gasteiger partial charge in [0, 0.05) is 18.8 Å². The highest BCUT2D eigenvalue weighted by molar-refractivity contribution is 5.99. The molecule has 1 amide bonds. The van der Waals surface area contributed by atoms with Crippen LogP contribution in [0.5, 0.6) is 0 Å². The van der Waals surface area contributed by atoms with Crippen molar-refractivity contribution < 1.29 is 28.8 Å². The number of ketones is 1. The van der Waals surface area contributed by atoms with Crippen LogP contribution in [0, 0.1) is 5.41 Å². The molecule has 2 aliphatic rings. The van der Waals surface area contributed by atoms with Gasteiger partial charge in [0.15, 0.2) is 5.78 Å². The summed E-state index contributed by atoms with van der Waals surface area (Å²) in [4.78, 5) is 37.0. The number of nitrogens with one attached hydrogen (secondary N) is 1. The monoisotopic (exact) mass is 488 g/mol. The van der Waals surface area contributed by atoms with E-state index < -0.39 is 18.1 Å². The van der Waals surface area contributed by atoms with Crippen LogP contribution >= 0.6 is 0 Å². The number of aryl methyl sites for hydroxylation is 1. The molecule has 0 fully saturated rings. The lowest BCUT2D eigenvalue weighted by Gasteiger charge is -2.26. The Kier molecular flexibility index (Phi) is 6.12. The lowest BCUT2D eigenvalue weighted by Crippen LogP contribution is -2.41. The van der Waals surface area contributed by atoms with Gasteiger partial charge in [0.1, 0.15) is 18.4 Å². The Morgan fingerprint density at radius 3 is 2.39 bits per heavy atom. The summed E-state index contributed by atoms with van der Waals surface area (Å²) in [6.07, 6.45) is 0.417. The number of hydrogen-bond acceptors (Lipinski definition) is 6. The van der Waals surface area contributed by atoms with Crippen LogP contribution in [0.3, 0.4) is 0 Å². The van der Waals surface area contributed by atoms with Crippen molar-refractivity contribution in [3.63, 3.8) is 0 Å². The van der Waals surface area contributed by atoms with Crippen molar-refractivity contribution in [2.24, 2.45) is 5.41 Å². The van der Waals surface area contributed by atoms with Gasteiger partial charge in [-0.25, -0.2) is 9.59 Å². The van der Waals surface area contributed by atoms with Crippen LogP contribution in [0.2, 0.25) is 0 Å². The molecule has 5 rings (SSSR count). The summed E-state index contributed by atoms with van der Waals surface area (Å²) in [7, 11) is 0. The quantitative estimate of drug-likeness (QED) is 0.492. The predicted molar refractivity (Wildman–Crippen MR) is 131 cm³/mol. The number of aromatic nitrogens is 1. The molecule has 186 valence electrons. The normalized spacial score (nSPS) is 16.6. The number of Topliss-reactive ketones (excluding diaryl/α,β-unsaturated/α-hetero) is 1. The number of benzene rings is 2. The Morgan fingerprint density at radius 2 is 1.75 bits per heavy atom. The van der Waals surface area contributed by atoms with Crippen molar-refractivity contribution in [1.82, 2.24) is 10.5 Å². The molecule has 0 spiro atoms. The molecular formula is C28H28N2O6. The van der Waals surface area contributed by atoms with Gasteiger partial charge < -0.3 is 19.7 Å². The van der Waals surface area contributed by atoms with Crippen LogP contribution in [0.15, 0.2) is 53.1 Å². The second-order valence-electron chi connectivity index (χ2n) is 10.3. The molecule has 36 heavy (non-hydrogen) atoms. The van der Waals surface area contributed by atoms with Gasteiger partial charge in [0.2, 0.25) is 0 Å². The standard InChI is InChI=1S/C28H28N2O6/c1-28(2)13-23(31)25-21(30-36-24(25)14-28)11-12-22(26(32)33)29-27(34)35-15-20-18-9-5-3-7-16(18)17-8-4-6-10-19(17)20/h3-10,20,22H,11-15H2,1-2H3,(H,29,34)(H,32,33)/t22-/m0/s1. The number of carbonyl (C=O) groups is 3. The fourth-order valence-corrected chi connectivity index (χ4v) is 5.31. The van der Waals surface area contributed by atoms with Gasteiger partial charge in [-0.05, 0) is 40.5 Å². The van der Waals surface area contributed by atoms with Crippen molar-refractivity contribution >= 4 is 17.8 Å². The van der Waals surface area contributed by atoms with E-state index in [0.29, 0.717) is 29.9 Å². The lowest BCUT2D eigenvalue weighted by atomic mass is 9.76. The number of hydrogen-bond donors (Lipinski definition) is 2. The summed E-state index contributed by atoms with van der Waals surface area (Å²) >= 11 is 0. The number of carboxylic acid groups (broad SMARTS) is 1. The Morgan fingerprint density at radius 1 is 1.11 bits per heavy atom. The highest BCUT2D eigenvalue weighted by Gasteiger charge is 2.36. The first kappa shape index (κ1) is 23.8. The first-order valence-electron chi connectivity index (χ1n) is 12.1. The molecule has 0 saturated carbocycles. The van der Waals surface area contributed by atoms with Crippen LogP contribution in [-0.4, -0.2) is 40.8 Å². The summed E-state index contributed by atoms with van der Waals surface area (Å²) in [5.74, 6) is -0.812. The van der Waals surface area contributed by atoms with Crippen molar-refractivity contribution in [1.29, 1.82) is 0 Å².